The molecule has 0 aliphatic carbocycles. The SMILES string of the molecule is CCCC/C=C/CC/C=C/C(O)C(COC1OC(CO)C(OC2OC(CO)C(O)C(O)C2O)C(O)C1O)NC(=O)CCCCCCC/C=C\CCCCCCCC. The lowest BCUT2D eigenvalue weighted by molar-refractivity contribution is -0.359. The molecule has 332 valence electrons. The molecule has 2 fully saturated rings. The molecule has 0 spiro atoms. The number of hydrogen-bond acceptors (Lipinski definition) is 13. The quantitative estimate of drug-likeness (QED) is 0.0361. The lowest BCUT2D eigenvalue weighted by Gasteiger charge is -2.46. The fourth-order valence-electron chi connectivity index (χ4n) is 6.87. The van der Waals surface area contributed by atoms with Gasteiger partial charge in [0.2, 0.25) is 5.91 Å². The number of aliphatic hydroxyl groups is 8. The van der Waals surface area contributed by atoms with Gasteiger partial charge in [-0.2, -0.15) is 0 Å². The second-order valence-corrected chi connectivity index (χ2v) is 15.5. The van der Waals surface area contributed by atoms with Gasteiger partial charge in [0.1, 0.15) is 48.8 Å². The number of unbranched alkanes of at least 4 members (excludes halogenated alkanes) is 14. The molecule has 0 aromatic rings. The summed E-state index contributed by atoms with van der Waals surface area (Å²) in [6, 6.07) is -0.930. The van der Waals surface area contributed by atoms with Gasteiger partial charge in [-0.25, -0.2) is 0 Å². The molecule has 12 atom stereocenters. The molecule has 14 nitrogen and oxygen atoms in total. The fourth-order valence-corrected chi connectivity index (χ4v) is 6.87. The van der Waals surface area contributed by atoms with Crippen LogP contribution in [0.1, 0.15) is 136 Å². The lowest BCUT2D eigenvalue weighted by Crippen LogP contribution is -2.65. The Hall–Kier alpha value is -1.79. The van der Waals surface area contributed by atoms with Crippen LogP contribution in [0.3, 0.4) is 0 Å². The zero-order chi connectivity index (χ0) is 41.8. The zero-order valence-corrected chi connectivity index (χ0v) is 34.6. The van der Waals surface area contributed by atoms with Crippen molar-refractivity contribution < 1.29 is 64.6 Å². The monoisotopic (exact) mass is 816 g/mol. The number of carbonyl (C=O) groups excluding carboxylic acids is 1. The third-order valence-corrected chi connectivity index (χ3v) is 10.5. The van der Waals surface area contributed by atoms with E-state index in [0.717, 1.165) is 64.2 Å². The van der Waals surface area contributed by atoms with E-state index < -0.39 is 86.8 Å². The van der Waals surface area contributed by atoms with Crippen LogP contribution in [0.15, 0.2) is 36.5 Å². The van der Waals surface area contributed by atoms with Crippen molar-refractivity contribution in [2.75, 3.05) is 19.8 Å². The minimum atomic E-state index is -1.79. The van der Waals surface area contributed by atoms with Gasteiger partial charge in [-0.1, -0.05) is 115 Å². The largest absolute Gasteiger partial charge is 0.394 e. The maximum absolute atomic E-state index is 13.0. The molecule has 1 amide bonds. The van der Waals surface area contributed by atoms with Crippen LogP contribution in [-0.4, -0.2) is 140 Å². The van der Waals surface area contributed by atoms with Crippen molar-refractivity contribution in [3.05, 3.63) is 36.5 Å². The van der Waals surface area contributed by atoms with Crippen LogP contribution in [0.25, 0.3) is 0 Å². The van der Waals surface area contributed by atoms with Gasteiger partial charge in [-0.05, 0) is 51.4 Å². The van der Waals surface area contributed by atoms with E-state index in [0.29, 0.717) is 12.8 Å². The van der Waals surface area contributed by atoms with Gasteiger partial charge in [0.05, 0.1) is 32.0 Å². The molecule has 2 heterocycles. The fraction of sp³-hybridized carbons (Fsp3) is 0.837. The molecule has 2 aliphatic heterocycles. The number of aliphatic hydroxyl groups excluding tert-OH is 8. The highest BCUT2D eigenvalue weighted by molar-refractivity contribution is 5.76. The van der Waals surface area contributed by atoms with E-state index in [9.17, 15) is 45.6 Å². The molecule has 57 heavy (non-hydrogen) atoms. The second kappa shape index (κ2) is 31.1. The highest BCUT2D eigenvalue weighted by Gasteiger charge is 2.50. The minimum Gasteiger partial charge on any atom is -0.394 e. The number of hydrogen-bond donors (Lipinski definition) is 9. The van der Waals surface area contributed by atoms with E-state index in [-0.39, 0.29) is 18.9 Å². The Morgan fingerprint density at radius 1 is 0.614 bits per heavy atom. The summed E-state index contributed by atoms with van der Waals surface area (Å²) in [5, 5.41) is 86.1. The van der Waals surface area contributed by atoms with E-state index >= 15 is 0 Å². The maximum atomic E-state index is 13.0. The van der Waals surface area contributed by atoms with E-state index in [2.05, 4.69) is 43.5 Å². The lowest BCUT2D eigenvalue weighted by atomic mass is 9.97. The minimum absolute atomic E-state index is 0.262. The summed E-state index contributed by atoms with van der Waals surface area (Å²) in [6.07, 6.45) is 15.1. The van der Waals surface area contributed by atoms with Gasteiger partial charge in [0, 0.05) is 6.42 Å². The van der Waals surface area contributed by atoms with Gasteiger partial charge < -0.3 is 65.1 Å². The molecule has 0 aromatic heterocycles. The summed E-state index contributed by atoms with van der Waals surface area (Å²) >= 11 is 0. The number of rotatable bonds is 31. The average molecular weight is 816 g/mol. The van der Waals surface area contributed by atoms with Gasteiger partial charge in [-0.15, -0.1) is 0 Å². The van der Waals surface area contributed by atoms with Crippen molar-refractivity contribution in [1.29, 1.82) is 0 Å². The molecule has 9 N–H and O–H groups in total. The van der Waals surface area contributed by atoms with Crippen molar-refractivity contribution in [2.45, 2.75) is 209 Å². The van der Waals surface area contributed by atoms with Crippen LogP contribution in [0.4, 0.5) is 0 Å². The Kier molecular flexibility index (Phi) is 28.1. The van der Waals surface area contributed by atoms with E-state index in [1.807, 2.05) is 6.08 Å². The summed E-state index contributed by atoms with van der Waals surface area (Å²) in [5.74, 6) is -0.265. The van der Waals surface area contributed by atoms with Crippen LogP contribution in [0.5, 0.6) is 0 Å². The van der Waals surface area contributed by atoms with Gasteiger partial charge >= 0.3 is 0 Å². The maximum Gasteiger partial charge on any atom is 0.220 e. The van der Waals surface area contributed by atoms with Crippen molar-refractivity contribution in [1.82, 2.24) is 5.32 Å². The van der Waals surface area contributed by atoms with Crippen molar-refractivity contribution in [3.8, 4) is 0 Å². The van der Waals surface area contributed by atoms with E-state index in [1.54, 1.807) is 6.08 Å². The van der Waals surface area contributed by atoms with Crippen LogP contribution in [0.2, 0.25) is 0 Å². The number of nitrogens with one attached hydrogen (secondary N) is 1. The number of allylic oxidation sites excluding steroid dienone is 5. The van der Waals surface area contributed by atoms with Crippen LogP contribution < -0.4 is 5.32 Å². The summed E-state index contributed by atoms with van der Waals surface area (Å²) in [7, 11) is 0. The molecule has 0 bridgehead atoms. The normalized spacial score (nSPS) is 29.4. The topological polar surface area (TPSA) is 228 Å². The molecule has 2 aliphatic rings. The third kappa shape index (κ3) is 19.9. The molecule has 0 radical (unpaired) electrons. The van der Waals surface area contributed by atoms with Gasteiger partial charge in [0.15, 0.2) is 12.6 Å². The van der Waals surface area contributed by atoms with Crippen molar-refractivity contribution in [3.63, 3.8) is 0 Å². The molecule has 2 saturated heterocycles. The smallest absolute Gasteiger partial charge is 0.220 e. The molecule has 12 unspecified atom stereocenters. The molecule has 2 rings (SSSR count). The first-order chi connectivity index (χ1) is 27.6. The number of carbonyl (C=O) groups is 1. The summed E-state index contributed by atoms with van der Waals surface area (Å²) in [6.45, 7) is 2.63. The summed E-state index contributed by atoms with van der Waals surface area (Å²) in [5.41, 5.74) is 0. The Morgan fingerprint density at radius 2 is 1.14 bits per heavy atom. The molecule has 0 aromatic carbocycles. The Bertz CT molecular complexity index is 1100. The first kappa shape index (κ1) is 51.4. The molecular weight excluding hydrogens is 738 g/mol. The molecule has 0 saturated carbocycles. The zero-order valence-electron chi connectivity index (χ0n) is 34.6. The van der Waals surface area contributed by atoms with E-state index in [4.69, 9.17) is 18.9 Å². The third-order valence-electron chi connectivity index (χ3n) is 10.5. The Morgan fingerprint density at radius 3 is 1.77 bits per heavy atom. The van der Waals surface area contributed by atoms with E-state index in [1.165, 1.54) is 38.5 Å². The average Bonchev–Trinajstić information content (AvgIpc) is 3.21. The van der Waals surface area contributed by atoms with Gasteiger partial charge in [-0.3, -0.25) is 4.79 Å². The first-order valence-corrected chi connectivity index (χ1v) is 21.7. The Balaban J connectivity index is 1.90. The van der Waals surface area contributed by atoms with Crippen LogP contribution >= 0.6 is 0 Å². The Labute approximate surface area is 341 Å². The first-order valence-electron chi connectivity index (χ1n) is 21.7. The highest BCUT2D eigenvalue weighted by atomic mass is 16.7. The summed E-state index contributed by atoms with van der Waals surface area (Å²) < 4.78 is 22.5. The highest BCUT2D eigenvalue weighted by Crippen LogP contribution is 2.29. The number of amides is 1. The number of ether oxygens (including phenoxy) is 4. The van der Waals surface area contributed by atoms with Gasteiger partial charge in [0.25, 0.3) is 0 Å². The van der Waals surface area contributed by atoms with Crippen LogP contribution in [0, 0.1) is 0 Å². The standard InChI is InChI=1S/C43H77NO13/c1-3-5-7-9-11-13-14-15-16-17-18-19-21-23-25-27-35(48)44-31(32(47)26-24-22-20-12-10-8-6-4-2)30-54-42-40(53)38(51)41(34(29-46)56-42)57-43-39(52)37(50)36(49)33(28-45)55-43/h10,12,15-16,24,26,31-34,36-43,45-47,49-53H,3-9,11,13-14,17-23,25,27-30H2,1-2H3,(H,44,48)/b12-10+,16-15-,26-24+. The predicted octanol–water partition coefficient (Wildman–Crippen LogP) is 3.59. The van der Waals surface area contributed by atoms with Crippen LogP contribution in [-0.2, 0) is 23.7 Å². The van der Waals surface area contributed by atoms with Crippen molar-refractivity contribution >= 4 is 5.91 Å². The summed E-state index contributed by atoms with van der Waals surface area (Å²) in [4.78, 5) is 13.0. The predicted molar refractivity (Wildman–Crippen MR) is 217 cm³/mol. The second-order valence-electron chi connectivity index (χ2n) is 15.5. The molecule has 14 heteroatoms. The molecular formula is C43H77NO13. The van der Waals surface area contributed by atoms with Crippen molar-refractivity contribution in [2.24, 2.45) is 0 Å².